The summed E-state index contributed by atoms with van der Waals surface area (Å²) in [5.41, 5.74) is 0.0936. The van der Waals surface area contributed by atoms with Gasteiger partial charge in [-0.2, -0.15) is 0 Å². The molecule has 0 atom stereocenters. The molecule has 0 amide bonds. The van der Waals surface area contributed by atoms with Crippen LogP contribution < -0.4 is 15.4 Å². The molecule has 0 radical (unpaired) electrons. The molecular weight excluding hydrogens is 325 g/mol. The van der Waals surface area contributed by atoms with Crippen LogP contribution in [0.15, 0.2) is 34.0 Å². The number of primary sulfonamides is 1. The van der Waals surface area contributed by atoms with Gasteiger partial charge in [0, 0.05) is 12.0 Å². The first kappa shape index (κ1) is 15.6. The second-order valence-electron chi connectivity index (χ2n) is 5.32. The molecular formula is C14H14FN3O4S. The number of hydrogen-bond acceptors (Lipinski definition) is 5. The molecule has 9 heteroatoms. The van der Waals surface area contributed by atoms with Crippen molar-refractivity contribution in [2.45, 2.75) is 30.3 Å². The number of benzene rings is 1. The average Bonchev–Trinajstić information content (AvgIpc) is 3.29. The van der Waals surface area contributed by atoms with Crippen LogP contribution >= 0.6 is 0 Å². The zero-order chi connectivity index (χ0) is 16.6. The van der Waals surface area contributed by atoms with E-state index in [9.17, 15) is 17.6 Å². The Balaban J connectivity index is 1.77. The van der Waals surface area contributed by atoms with E-state index in [1.165, 1.54) is 12.1 Å². The molecule has 1 aliphatic rings. The summed E-state index contributed by atoms with van der Waals surface area (Å²) in [4.78, 5) is 18.2. The predicted molar refractivity (Wildman–Crippen MR) is 78.9 cm³/mol. The van der Waals surface area contributed by atoms with Gasteiger partial charge < -0.3 is 9.72 Å². The Morgan fingerprint density at radius 1 is 1.35 bits per heavy atom. The van der Waals surface area contributed by atoms with Crippen molar-refractivity contribution < 1.29 is 17.5 Å². The van der Waals surface area contributed by atoms with Crippen LogP contribution in [0.4, 0.5) is 4.39 Å². The Hall–Kier alpha value is -2.26. The first-order valence-corrected chi connectivity index (χ1v) is 8.43. The fraction of sp³-hybridized carbons (Fsp3) is 0.286. The molecule has 0 aliphatic heterocycles. The third-order valence-electron chi connectivity index (χ3n) is 3.38. The van der Waals surface area contributed by atoms with Crippen LogP contribution in [0.1, 0.15) is 30.3 Å². The van der Waals surface area contributed by atoms with Gasteiger partial charge in [-0.05, 0) is 31.0 Å². The van der Waals surface area contributed by atoms with E-state index in [4.69, 9.17) is 9.88 Å². The van der Waals surface area contributed by atoms with Gasteiger partial charge in [0.05, 0.1) is 10.6 Å². The molecule has 7 nitrogen and oxygen atoms in total. The van der Waals surface area contributed by atoms with Crippen molar-refractivity contribution in [2.75, 3.05) is 0 Å². The lowest BCUT2D eigenvalue weighted by Gasteiger charge is -2.08. The number of halogens is 1. The van der Waals surface area contributed by atoms with Gasteiger partial charge in [-0.15, -0.1) is 0 Å². The van der Waals surface area contributed by atoms with Crippen molar-refractivity contribution >= 4 is 10.0 Å². The van der Waals surface area contributed by atoms with Gasteiger partial charge in [-0.3, -0.25) is 4.79 Å². The summed E-state index contributed by atoms with van der Waals surface area (Å²) in [6, 6.07) is 4.38. The van der Waals surface area contributed by atoms with Gasteiger partial charge in [0.15, 0.2) is 11.6 Å². The maximum Gasteiger partial charge on any atom is 0.251 e. The van der Waals surface area contributed by atoms with Gasteiger partial charge in [0.25, 0.3) is 5.56 Å². The highest BCUT2D eigenvalue weighted by Crippen LogP contribution is 2.37. The number of rotatable bonds is 5. The van der Waals surface area contributed by atoms with Gasteiger partial charge in [-0.1, -0.05) is 0 Å². The van der Waals surface area contributed by atoms with E-state index in [1.807, 2.05) is 0 Å². The van der Waals surface area contributed by atoms with E-state index in [1.54, 1.807) is 0 Å². The van der Waals surface area contributed by atoms with E-state index >= 15 is 0 Å². The van der Waals surface area contributed by atoms with Crippen LogP contribution in [-0.4, -0.2) is 18.4 Å². The van der Waals surface area contributed by atoms with Crippen molar-refractivity contribution in [2.24, 2.45) is 5.14 Å². The van der Waals surface area contributed by atoms with E-state index in [0.717, 1.165) is 25.0 Å². The average molecular weight is 339 g/mol. The van der Waals surface area contributed by atoms with Gasteiger partial charge >= 0.3 is 0 Å². The van der Waals surface area contributed by atoms with Crippen molar-refractivity contribution in [3.8, 4) is 5.75 Å². The minimum Gasteiger partial charge on any atom is -0.484 e. The minimum absolute atomic E-state index is 0.102. The number of nitrogens with zero attached hydrogens (tertiary/aromatic N) is 1. The monoisotopic (exact) mass is 339 g/mol. The molecule has 1 aromatic heterocycles. The molecule has 1 heterocycles. The van der Waals surface area contributed by atoms with Gasteiger partial charge in [0.1, 0.15) is 12.4 Å². The third-order valence-corrected chi connectivity index (χ3v) is 4.30. The maximum absolute atomic E-state index is 13.8. The minimum atomic E-state index is -3.98. The van der Waals surface area contributed by atoms with Crippen LogP contribution in [0.5, 0.6) is 5.75 Å². The molecule has 0 bridgehead atoms. The number of nitrogens with two attached hydrogens (primary N) is 1. The summed E-state index contributed by atoms with van der Waals surface area (Å²) in [6.45, 7) is -0.102. The number of ether oxygens (including phenoxy) is 1. The lowest BCUT2D eigenvalue weighted by molar-refractivity contribution is 0.284. The fourth-order valence-electron chi connectivity index (χ4n) is 2.08. The zero-order valence-electron chi connectivity index (χ0n) is 12.0. The molecule has 1 fully saturated rings. The van der Waals surface area contributed by atoms with Crippen molar-refractivity contribution in [3.63, 3.8) is 0 Å². The lowest BCUT2D eigenvalue weighted by atomic mass is 10.3. The Morgan fingerprint density at radius 2 is 2.09 bits per heavy atom. The second-order valence-corrected chi connectivity index (χ2v) is 6.88. The molecule has 1 aliphatic carbocycles. The maximum atomic E-state index is 13.8. The smallest absolute Gasteiger partial charge is 0.251 e. The number of nitrogens with one attached hydrogen (secondary N) is 1. The fourth-order valence-corrected chi connectivity index (χ4v) is 2.61. The highest BCUT2D eigenvalue weighted by molar-refractivity contribution is 7.89. The quantitative estimate of drug-likeness (QED) is 0.843. The van der Waals surface area contributed by atoms with Crippen LogP contribution in [-0.2, 0) is 16.6 Å². The molecule has 23 heavy (non-hydrogen) atoms. The summed E-state index contributed by atoms with van der Waals surface area (Å²) >= 11 is 0. The molecule has 0 saturated heterocycles. The summed E-state index contributed by atoms with van der Waals surface area (Å²) in [7, 11) is -3.98. The molecule has 3 rings (SSSR count). The first-order chi connectivity index (χ1) is 10.8. The summed E-state index contributed by atoms with van der Waals surface area (Å²) < 4.78 is 41.4. The first-order valence-electron chi connectivity index (χ1n) is 6.88. The second kappa shape index (κ2) is 5.74. The molecule has 2 aromatic rings. The zero-order valence-corrected chi connectivity index (χ0v) is 12.8. The Kier molecular flexibility index (Phi) is 3.90. The SMILES string of the molecule is NS(=O)(=O)c1ccc(OCc2cc(=O)[nH]c(C3CC3)n2)c(F)c1. The molecule has 122 valence electrons. The normalized spacial score (nSPS) is 14.7. The van der Waals surface area contributed by atoms with Crippen LogP contribution in [0.2, 0.25) is 0 Å². The number of H-pyrrole nitrogens is 1. The third kappa shape index (κ3) is 3.74. The Bertz CT molecular complexity index is 906. The molecule has 1 saturated carbocycles. The predicted octanol–water partition coefficient (Wildman–Crippen LogP) is 1.01. The number of sulfonamides is 1. The molecule has 1 aromatic carbocycles. The summed E-state index contributed by atoms with van der Waals surface area (Å²) in [6.07, 6.45) is 1.97. The highest BCUT2D eigenvalue weighted by Gasteiger charge is 2.26. The van der Waals surface area contributed by atoms with Gasteiger partial charge in [0.2, 0.25) is 10.0 Å². The highest BCUT2D eigenvalue weighted by atomic mass is 32.2. The number of aromatic amines is 1. The lowest BCUT2D eigenvalue weighted by Crippen LogP contribution is -2.14. The van der Waals surface area contributed by atoms with E-state index < -0.39 is 15.8 Å². The summed E-state index contributed by atoms with van der Waals surface area (Å²) in [5.74, 6) is -0.120. The standard InChI is InChI=1S/C14H14FN3O4S/c15-11-6-10(23(16,20)21)3-4-12(11)22-7-9-5-13(19)18-14(17-9)8-1-2-8/h3-6,8H,1-2,7H2,(H2,16,20,21)(H,17,18,19). The largest absolute Gasteiger partial charge is 0.484 e. The summed E-state index contributed by atoms with van der Waals surface area (Å²) in [5, 5.41) is 4.92. The van der Waals surface area contributed by atoms with E-state index in [2.05, 4.69) is 9.97 Å². The Morgan fingerprint density at radius 3 is 2.70 bits per heavy atom. The Labute approximate surface area is 131 Å². The number of aromatic nitrogens is 2. The van der Waals surface area contributed by atoms with Crippen LogP contribution in [0.3, 0.4) is 0 Å². The topological polar surface area (TPSA) is 115 Å². The van der Waals surface area contributed by atoms with E-state index in [0.29, 0.717) is 11.5 Å². The number of hydrogen-bond donors (Lipinski definition) is 2. The molecule has 0 spiro atoms. The van der Waals surface area contributed by atoms with Crippen molar-refractivity contribution in [3.05, 3.63) is 52.0 Å². The van der Waals surface area contributed by atoms with Crippen LogP contribution in [0, 0.1) is 5.82 Å². The molecule has 0 unspecified atom stereocenters. The van der Waals surface area contributed by atoms with Crippen molar-refractivity contribution in [1.29, 1.82) is 0 Å². The van der Waals surface area contributed by atoms with Gasteiger partial charge in [-0.25, -0.2) is 22.9 Å². The van der Waals surface area contributed by atoms with E-state index in [-0.39, 0.29) is 28.7 Å². The molecule has 3 N–H and O–H groups in total. The van der Waals surface area contributed by atoms with Crippen molar-refractivity contribution in [1.82, 2.24) is 9.97 Å². The van der Waals surface area contributed by atoms with Crippen LogP contribution in [0.25, 0.3) is 0 Å².